The number of amides is 1. The number of nitro groups is 1. The average molecular weight is 532 g/mol. The van der Waals surface area contributed by atoms with E-state index >= 15 is 0 Å². The van der Waals surface area contributed by atoms with E-state index in [1.54, 1.807) is 18.2 Å². The largest absolute Gasteiger partial charge is 0.507 e. The molecule has 9 nitrogen and oxygen atoms in total. The molecule has 3 heterocycles. The lowest BCUT2D eigenvalue weighted by molar-refractivity contribution is -0.384. The van der Waals surface area contributed by atoms with E-state index in [1.807, 2.05) is 6.92 Å². The van der Waals surface area contributed by atoms with Crippen LogP contribution < -0.4 is 9.64 Å². The molecule has 11 heteroatoms. The fourth-order valence-corrected chi connectivity index (χ4v) is 5.85. The van der Waals surface area contributed by atoms with Gasteiger partial charge < -0.3 is 9.84 Å². The third-order valence-electron chi connectivity index (χ3n) is 6.58. The quantitative estimate of drug-likeness (QED) is 0.125. The number of fused-ring (bicyclic) bond motifs is 2. The number of non-ortho nitro benzene ring substituents is 1. The summed E-state index contributed by atoms with van der Waals surface area (Å²) in [6.07, 6.45) is 0.593. The zero-order valence-electron chi connectivity index (χ0n) is 19.8. The van der Waals surface area contributed by atoms with E-state index in [4.69, 9.17) is 4.74 Å². The van der Waals surface area contributed by atoms with Crippen LogP contribution in [-0.4, -0.2) is 32.8 Å². The Morgan fingerprint density at radius 3 is 2.66 bits per heavy atom. The second-order valence-electron chi connectivity index (χ2n) is 9.08. The molecule has 1 saturated heterocycles. The molecule has 0 aliphatic carbocycles. The van der Waals surface area contributed by atoms with Gasteiger partial charge in [-0.3, -0.25) is 24.6 Å². The molecule has 190 valence electrons. The highest BCUT2D eigenvalue weighted by Crippen LogP contribution is 2.45. The normalized spacial score (nSPS) is 20.1. The van der Waals surface area contributed by atoms with Gasteiger partial charge in [-0.1, -0.05) is 11.3 Å². The third-order valence-corrected chi connectivity index (χ3v) is 7.60. The number of anilines is 1. The Morgan fingerprint density at radius 1 is 1.16 bits per heavy atom. The topological polar surface area (TPSA) is 123 Å². The van der Waals surface area contributed by atoms with Crippen LogP contribution in [0, 0.1) is 15.9 Å². The Balaban J connectivity index is 1.53. The molecular weight excluding hydrogens is 513 g/mol. The van der Waals surface area contributed by atoms with Crippen molar-refractivity contribution in [1.29, 1.82) is 0 Å². The van der Waals surface area contributed by atoms with Gasteiger partial charge in [-0.05, 0) is 66.6 Å². The molecule has 0 radical (unpaired) electrons. The van der Waals surface area contributed by atoms with Crippen molar-refractivity contribution in [3.05, 3.63) is 98.9 Å². The number of nitrogens with zero attached hydrogens (tertiary/aromatic N) is 3. The van der Waals surface area contributed by atoms with Crippen LogP contribution in [0.25, 0.3) is 16.0 Å². The number of hydrogen-bond donors (Lipinski definition) is 1. The number of benzene rings is 3. The number of hydrogen-bond acceptors (Lipinski definition) is 8. The Hall–Kier alpha value is -4.64. The van der Waals surface area contributed by atoms with Crippen LogP contribution in [0.5, 0.6) is 5.75 Å². The number of halogens is 1. The number of carbonyl (C=O) groups is 2. The summed E-state index contributed by atoms with van der Waals surface area (Å²) < 4.78 is 20.0. The minimum absolute atomic E-state index is 0.0306. The van der Waals surface area contributed by atoms with Gasteiger partial charge in [0.2, 0.25) is 0 Å². The van der Waals surface area contributed by atoms with Crippen LogP contribution in [0.1, 0.15) is 29.7 Å². The Morgan fingerprint density at radius 2 is 1.92 bits per heavy atom. The number of ketones is 1. The second kappa shape index (κ2) is 8.73. The van der Waals surface area contributed by atoms with E-state index in [0.717, 1.165) is 21.8 Å². The van der Waals surface area contributed by atoms with Crippen LogP contribution in [0.4, 0.5) is 15.2 Å². The van der Waals surface area contributed by atoms with E-state index < -0.39 is 28.5 Å². The van der Waals surface area contributed by atoms with Gasteiger partial charge in [-0.15, -0.1) is 0 Å². The molecule has 2 aliphatic rings. The molecule has 0 saturated carbocycles. The number of ether oxygens (including phenoxy) is 1. The molecule has 0 bridgehead atoms. The number of rotatable bonds is 4. The van der Waals surface area contributed by atoms with Crippen molar-refractivity contribution < 1.29 is 28.7 Å². The predicted octanol–water partition coefficient (Wildman–Crippen LogP) is 5.29. The monoisotopic (exact) mass is 531 g/mol. The molecule has 0 unspecified atom stereocenters. The maximum Gasteiger partial charge on any atom is 0.301 e. The lowest BCUT2D eigenvalue weighted by Crippen LogP contribution is -2.29. The van der Waals surface area contributed by atoms with Crippen LogP contribution in [-0.2, 0) is 16.0 Å². The summed E-state index contributed by atoms with van der Waals surface area (Å²) in [5.41, 5.74) is 1.63. The molecule has 1 fully saturated rings. The Labute approximate surface area is 218 Å². The predicted molar refractivity (Wildman–Crippen MR) is 138 cm³/mol. The lowest BCUT2D eigenvalue weighted by atomic mass is 9.94. The fourth-order valence-electron chi connectivity index (χ4n) is 4.84. The molecule has 1 N–H and O–H groups in total. The minimum atomic E-state index is -1.12. The highest BCUT2D eigenvalue weighted by Gasteiger charge is 2.48. The first-order chi connectivity index (χ1) is 18.2. The van der Waals surface area contributed by atoms with Gasteiger partial charge in [0.05, 0.1) is 26.8 Å². The van der Waals surface area contributed by atoms with Crippen molar-refractivity contribution in [1.82, 2.24) is 4.98 Å². The van der Waals surface area contributed by atoms with Crippen LogP contribution in [0.2, 0.25) is 0 Å². The first-order valence-corrected chi connectivity index (χ1v) is 12.4. The van der Waals surface area contributed by atoms with E-state index in [9.17, 15) is 29.2 Å². The molecule has 3 aromatic carbocycles. The summed E-state index contributed by atoms with van der Waals surface area (Å²) in [6, 6.07) is 13.3. The summed E-state index contributed by atoms with van der Waals surface area (Å²) in [5.74, 6) is -2.03. The number of aliphatic hydroxyl groups excluding tert-OH is 1. The molecule has 2 atom stereocenters. The molecular formula is C27H18FN3O6S. The molecule has 4 aromatic rings. The fraction of sp³-hybridized carbons (Fsp3) is 0.148. The van der Waals surface area contributed by atoms with Crippen molar-refractivity contribution in [3.63, 3.8) is 0 Å². The van der Waals surface area contributed by atoms with E-state index in [0.29, 0.717) is 33.5 Å². The van der Waals surface area contributed by atoms with Crippen LogP contribution >= 0.6 is 11.3 Å². The number of Topliss-reactive ketones (excluding diaryl/α,β-unsaturated/α-hetero) is 1. The smallest absolute Gasteiger partial charge is 0.301 e. The molecule has 1 amide bonds. The van der Waals surface area contributed by atoms with E-state index in [2.05, 4.69) is 4.98 Å². The Kier molecular flexibility index (Phi) is 5.46. The van der Waals surface area contributed by atoms with Gasteiger partial charge in [0, 0.05) is 24.1 Å². The zero-order valence-corrected chi connectivity index (χ0v) is 20.6. The van der Waals surface area contributed by atoms with Crippen LogP contribution in [0.15, 0.2) is 66.2 Å². The average Bonchev–Trinajstić information content (AvgIpc) is 3.55. The van der Waals surface area contributed by atoms with Gasteiger partial charge in [-0.25, -0.2) is 9.37 Å². The number of aliphatic hydroxyl groups is 1. The molecule has 38 heavy (non-hydrogen) atoms. The summed E-state index contributed by atoms with van der Waals surface area (Å²) in [5, 5.41) is 22.7. The number of nitro benzene ring substituents is 1. The van der Waals surface area contributed by atoms with Gasteiger partial charge >= 0.3 is 5.91 Å². The van der Waals surface area contributed by atoms with Gasteiger partial charge in [-0.2, -0.15) is 0 Å². The summed E-state index contributed by atoms with van der Waals surface area (Å²) in [7, 11) is 0. The Bertz CT molecular complexity index is 1700. The van der Waals surface area contributed by atoms with Crippen molar-refractivity contribution in [2.45, 2.75) is 25.5 Å². The minimum Gasteiger partial charge on any atom is -0.507 e. The lowest BCUT2D eigenvalue weighted by Gasteiger charge is -2.23. The van der Waals surface area contributed by atoms with Gasteiger partial charge in [0.25, 0.3) is 11.5 Å². The van der Waals surface area contributed by atoms with E-state index in [1.165, 1.54) is 42.5 Å². The summed E-state index contributed by atoms with van der Waals surface area (Å²) in [4.78, 5) is 43.0. The summed E-state index contributed by atoms with van der Waals surface area (Å²) in [6.45, 7) is 1.92. The second-order valence-corrected chi connectivity index (χ2v) is 10.1. The van der Waals surface area contributed by atoms with Crippen molar-refractivity contribution in [2.24, 2.45) is 0 Å². The summed E-state index contributed by atoms with van der Waals surface area (Å²) >= 11 is 1.02. The number of thiazole rings is 1. The third kappa shape index (κ3) is 3.79. The maximum atomic E-state index is 13.8. The standard InChI is InChI=1S/C27H18FN3O6S/c1-13-10-16-11-15(4-9-20(16)37-13)24(32)22-23(14-2-6-18(7-3-14)31(35)36)30(26(34)25(22)33)27-29-19-8-5-17(28)12-21(19)38-27/h2-9,11-13,23,32H,10H2,1H3/b24-22+/t13-,23-/m0/s1. The first-order valence-electron chi connectivity index (χ1n) is 11.6. The molecule has 0 spiro atoms. The highest BCUT2D eigenvalue weighted by molar-refractivity contribution is 7.22. The SMILES string of the molecule is C[C@H]1Cc2cc(/C(O)=C3\C(=O)C(=O)N(c4nc5ccc(F)cc5s4)[C@H]3c3ccc([N+](=O)[O-])cc3)ccc2O1. The number of carbonyl (C=O) groups excluding carboxylic acids is 2. The molecule has 2 aliphatic heterocycles. The van der Waals surface area contributed by atoms with Crippen molar-refractivity contribution >= 4 is 49.8 Å². The van der Waals surface area contributed by atoms with Crippen molar-refractivity contribution in [2.75, 3.05) is 4.90 Å². The van der Waals surface area contributed by atoms with Crippen molar-refractivity contribution in [3.8, 4) is 5.75 Å². The highest BCUT2D eigenvalue weighted by atomic mass is 32.1. The van der Waals surface area contributed by atoms with Crippen LogP contribution in [0.3, 0.4) is 0 Å². The van der Waals surface area contributed by atoms with Gasteiger partial charge in [0.1, 0.15) is 23.4 Å². The maximum absolute atomic E-state index is 13.8. The molecule has 6 rings (SSSR count). The molecule has 1 aromatic heterocycles. The van der Waals surface area contributed by atoms with Gasteiger partial charge in [0.15, 0.2) is 5.13 Å². The zero-order chi connectivity index (χ0) is 26.7. The number of aromatic nitrogens is 1. The van der Waals surface area contributed by atoms with E-state index in [-0.39, 0.29) is 28.3 Å². The first kappa shape index (κ1) is 23.7.